The Morgan fingerprint density at radius 1 is 0.446 bits per heavy atom. The van der Waals surface area contributed by atoms with Crippen LogP contribution in [0.25, 0.3) is 104 Å². The highest BCUT2D eigenvalue weighted by Crippen LogP contribution is 2.43. The van der Waals surface area contributed by atoms with Gasteiger partial charge in [-0.15, -0.1) is 0 Å². The van der Waals surface area contributed by atoms with Crippen LogP contribution < -0.4 is 0 Å². The molecule has 0 spiro atoms. The summed E-state index contributed by atoms with van der Waals surface area (Å²) in [6.07, 6.45) is 2.56. The smallest absolute Gasteiger partial charge is 0.158 e. The van der Waals surface area contributed by atoms with E-state index in [1.54, 1.807) is 0 Å². The normalized spacial score (nSPS) is 16.5. The van der Waals surface area contributed by atoms with Gasteiger partial charge in [0.1, 0.15) is 22.3 Å². The molecule has 1 aliphatic heterocycles. The number of aliphatic imine (C=N–C) groups is 2. The highest BCUT2D eigenvalue weighted by atomic mass is 16.3. The SMILES string of the molecule is c1ccc2cc3c(cc2c1)oc1ccc(-n2c4ccccc4c4cc5ccccc5cc42)c(C2=N/C(c4ccc5oc6ccccc6c5c4)CCC/C(c4cccc5ccccc45)=N\2)c13. The first-order valence-corrected chi connectivity index (χ1v) is 22.6. The Bertz CT molecular complexity index is 4180. The van der Waals surface area contributed by atoms with Crippen LogP contribution in [0.4, 0.5) is 0 Å². The van der Waals surface area contributed by atoms with Crippen molar-refractivity contribution in [3.05, 3.63) is 211 Å². The maximum Gasteiger partial charge on any atom is 0.158 e. The first kappa shape index (κ1) is 36.2. The number of nitrogens with zero attached hydrogens (tertiary/aromatic N) is 3. The summed E-state index contributed by atoms with van der Waals surface area (Å²) in [4.78, 5) is 11.8. The van der Waals surface area contributed by atoms with E-state index in [1.807, 2.05) is 12.1 Å². The molecule has 0 amide bonds. The predicted molar refractivity (Wildman–Crippen MR) is 270 cm³/mol. The van der Waals surface area contributed by atoms with Crippen LogP contribution in [0.1, 0.15) is 42.0 Å². The topological polar surface area (TPSA) is 55.9 Å². The summed E-state index contributed by atoms with van der Waals surface area (Å²) in [5.74, 6) is 0.693. The Kier molecular flexibility index (Phi) is 7.87. The zero-order chi connectivity index (χ0) is 42.6. The van der Waals surface area contributed by atoms with Gasteiger partial charge < -0.3 is 13.4 Å². The highest BCUT2D eigenvalue weighted by Gasteiger charge is 2.27. The number of para-hydroxylation sites is 2. The number of aromatic nitrogens is 1. The molecule has 306 valence electrons. The van der Waals surface area contributed by atoms with Crippen molar-refractivity contribution in [2.24, 2.45) is 9.98 Å². The van der Waals surface area contributed by atoms with E-state index >= 15 is 0 Å². The minimum atomic E-state index is -0.176. The molecule has 14 rings (SSSR count). The Hall–Kier alpha value is -8.28. The molecule has 5 nitrogen and oxygen atoms in total. The second kappa shape index (κ2) is 14.1. The van der Waals surface area contributed by atoms with Gasteiger partial charge in [-0.2, -0.15) is 0 Å². The lowest BCUT2D eigenvalue weighted by atomic mass is 9.93. The zero-order valence-electron chi connectivity index (χ0n) is 35.3. The van der Waals surface area contributed by atoms with E-state index in [4.69, 9.17) is 18.8 Å². The molecule has 0 aliphatic carbocycles. The van der Waals surface area contributed by atoms with E-state index in [-0.39, 0.29) is 6.04 Å². The standard InChI is InChI=1S/C60H39N3O2/c1-3-16-39-34-53-46(31-37(39)14-1)44-20-7-9-25-51(44)63(53)52-28-30-56-58(48-32-38-15-2-4-17-40(38)35-57(48)65-56)59(52)60-61-49(41-27-29-55-47(33-41)45-21-8-10-26-54(45)64-55)23-12-24-50(62-60)43-22-11-18-36-13-5-6-19-42(36)43/h1-11,13-22,25-35,49H,12,23-24H2/b61-60-,62-50+. The number of hydrogen-bond acceptors (Lipinski definition) is 4. The quantitative estimate of drug-likeness (QED) is 0.177. The fourth-order valence-electron chi connectivity index (χ4n) is 10.7. The molecule has 3 aromatic heterocycles. The third kappa shape index (κ3) is 5.65. The average molecular weight is 834 g/mol. The molecule has 5 heteroatoms. The second-order valence-electron chi connectivity index (χ2n) is 17.5. The van der Waals surface area contributed by atoms with Crippen molar-refractivity contribution in [1.29, 1.82) is 0 Å². The van der Waals surface area contributed by atoms with Crippen LogP contribution in [0.2, 0.25) is 0 Å². The third-order valence-electron chi connectivity index (χ3n) is 13.8. The first-order chi connectivity index (χ1) is 32.2. The van der Waals surface area contributed by atoms with Crippen LogP contribution in [0.5, 0.6) is 0 Å². The van der Waals surface area contributed by atoms with E-state index in [0.717, 1.165) is 113 Å². The van der Waals surface area contributed by atoms with Crippen LogP contribution in [0, 0.1) is 0 Å². The number of hydrogen-bond donors (Lipinski definition) is 0. The lowest BCUT2D eigenvalue weighted by Gasteiger charge is -2.22. The van der Waals surface area contributed by atoms with E-state index in [2.05, 4.69) is 187 Å². The molecular weight excluding hydrogens is 795 g/mol. The molecule has 0 saturated heterocycles. The number of furan rings is 2. The average Bonchev–Trinajstić information content (AvgIpc) is 4.01. The van der Waals surface area contributed by atoms with Crippen LogP contribution in [-0.4, -0.2) is 16.1 Å². The molecule has 10 aromatic carbocycles. The lowest BCUT2D eigenvalue weighted by Crippen LogP contribution is -2.15. The molecule has 0 bridgehead atoms. The molecule has 0 saturated carbocycles. The van der Waals surface area contributed by atoms with E-state index in [0.29, 0.717) is 5.84 Å². The maximum absolute atomic E-state index is 6.89. The van der Waals surface area contributed by atoms with Crippen LogP contribution in [-0.2, 0) is 0 Å². The summed E-state index contributed by atoms with van der Waals surface area (Å²) < 4.78 is 15.7. The number of amidine groups is 1. The minimum Gasteiger partial charge on any atom is -0.456 e. The Balaban J connectivity index is 1.12. The predicted octanol–water partition coefficient (Wildman–Crippen LogP) is 16.2. The molecule has 0 radical (unpaired) electrons. The molecule has 4 heterocycles. The monoisotopic (exact) mass is 833 g/mol. The summed E-state index contributed by atoms with van der Waals surface area (Å²) in [6, 6.07) is 69.5. The molecule has 1 atom stereocenters. The summed E-state index contributed by atoms with van der Waals surface area (Å²) in [6.45, 7) is 0. The van der Waals surface area contributed by atoms with Gasteiger partial charge in [-0.05, 0) is 118 Å². The van der Waals surface area contributed by atoms with Crippen molar-refractivity contribution < 1.29 is 8.83 Å². The van der Waals surface area contributed by atoms with Gasteiger partial charge in [-0.25, -0.2) is 4.99 Å². The van der Waals surface area contributed by atoms with Crippen molar-refractivity contribution in [2.75, 3.05) is 0 Å². The molecule has 13 aromatic rings. The maximum atomic E-state index is 6.89. The minimum absolute atomic E-state index is 0.176. The van der Waals surface area contributed by atoms with Gasteiger partial charge in [0.25, 0.3) is 0 Å². The van der Waals surface area contributed by atoms with Gasteiger partial charge in [0.05, 0.1) is 34.0 Å². The van der Waals surface area contributed by atoms with Gasteiger partial charge >= 0.3 is 0 Å². The number of fused-ring (bicyclic) bond motifs is 12. The molecule has 1 unspecified atom stereocenters. The summed E-state index contributed by atoms with van der Waals surface area (Å²) >= 11 is 0. The zero-order valence-corrected chi connectivity index (χ0v) is 35.3. The molecule has 1 aliphatic rings. The van der Waals surface area contributed by atoms with Crippen molar-refractivity contribution in [2.45, 2.75) is 25.3 Å². The molecule has 0 fully saturated rings. The van der Waals surface area contributed by atoms with E-state index in [1.165, 1.54) is 32.3 Å². The molecular formula is C60H39N3O2. The first-order valence-electron chi connectivity index (χ1n) is 22.6. The Labute approximate surface area is 373 Å². The largest absolute Gasteiger partial charge is 0.456 e. The molecule has 65 heavy (non-hydrogen) atoms. The number of rotatable bonds is 4. The van der Waals surface area contributed by atoms with Crippen LogP contribution in [0.15, 0.2) is 213 Å². The fourth-order valence-corrected chi connectivity index (χ4v) is 10.7. The van der Waals surface area contributed by atoms with E-state index in [9.17, 15) is 0 Å². The van der Waals surface area contributed by atoms with Crippen molar-refractivity contribution in [3.63, 3.8) is 0 Å². The van der Waals surface area contributed by atoms with Crippen molar-refractivity contribution in [3.8, 4) is 5.69 Å². The third-order valence-corrected chi connectivity index (χ3v) is 13.8. The second-order valence-corrected chi connectivity index (χ2v) is 17.5. The lowest BCUT2D eigenvalue weighted by molar-refractivity contribution is 0.622. The summed E-state index contributed by atoms with van der Waals surface area (Å²) in [5, 5.41) is 13.7. The van der Waals surface area contributed by atoms with Gasteiger partial charge in [-0.1, -0.05) is 133 Å². The Morgan fingerprint density at radius 3 is 1.94 bits per heavy atom. The van der Waals surface area contributed by atoms with Gasteiger partial charge in [0, 0.05) is 37.9 Å². The van der Waals surface area contributed by atoms with Gasteiger partial charge in [-0.3, -0.25) is 4.99 Å². The Morgan fingerprint density at radius 2 is 1.09 bits per heavy atom. The summed E-state index contributed by atoms with van der Waals surface area (Å²) in [5.41, 5.74) is 10.9. The van der Waals surface area contributed by atoms with Crippen molar-refractivity contribution in [1.82, 2.24) is 4.57 Å². The van der Waals surface area contributed by atoms with Gasteiger partial charge in [0.2, 0.25) is 0 Å². The van der Waals surface area contributed by atoms with Crippen LogP contribution in [0.3, 0.4) is 0 Å². The summed E-state index contributed by atoms with van der Waals surface area (Å²) in [7, 11) is 0. The fraction of sp³-hybridized carbons (Fsp3) is 0.0667. The van der Waals surface area contributed by atoms with Gasteiger partial charge in [0.15, 0.2) is 5.84 Å². The number of benzene rings is 10. The molecule has 0 N–H and O–H groups in total. The van der Waals surface area contributed by atoms with Crippen LogP contribution >= 0.6 is 0 Å². The highest BCUT2D eigenvalue weighted by molar-refractivity contribution is 6.26. The van der Waals surface area contributed by atoms with Crippen molar-refractivity contribution >= 4 is 110 Å². The van der Waals surface area contributed by atoms with E-state index < -0.39 is 0 Å².